The SMILES string of the molecule is COc1ccc(N(C2=CC(N(c3ccc4c(c3)C(C)(C)c3ccccc3-4)C3C=CC=CC3)CC(c3ccc4c(c3)c3c(n4-c4ccccn4)=CCCC=3)=C2)c2ccccc2)cc1. The molecule has 0 saturated carbocycles. The molecule has 0 saturated heterocycles. The van der Waals surface area contributed by atoms with E-state index < -0.39 is 0 Å². The van der Waals surface area contributed by atoms with Gasteiger partial charge in [0.1, 0.15) is 11.6 Å². The zero-order valence-corrected chi connectivity index (χ0v) is 35.6. The maximum absolute atomic E-state index is 5.64. The van der Waals surface area contributed by atoms with Gasteiger partial charge in [-0.2, -0.15) is 0 Å². The highest BCUT2D eigenvalue weighted by Gasteiger charge is 2.37. The van der Waals surface area contributed by atoms with Gasteiger partial charge >= 0.3 is 0 Å². The summed E-state index contributed by atoms with van der Waals surface area (Å²) in [6.07, 6.45) is 24.6. The second-order valence-electron chi connectivity index (χ2n) is 17.4. The van der Waals surface area contributed by atoms with Gasteiger partial charge in [0.15, 0.2) is 0 Å². The maximum atomic E-state index is 5.64. The summed E-state index contributed by atoms with van der Waals surface area (Å²) in [6, 6.07) is 48.9. The minimum Gasteiger partial charge on any atom is -0.497 e. The van der Waals surface area contributed by atoms with E-state index in [2.05, 4.69) is 204 Å². The molecule has 0 amide bonds. The predicted molar refractivity (Wildman–Crippen MR) is 258 cm³/mol. The first-order chi connectivity index (χ1) is 30.5. The Kier molecular flexibility index (Phi) is 9.41. The predicted octanol–water partition coefficient (Wildman–Crippen LogP) is 12.0. The Hall–Kier alpha value is -7.11. The molecule has 2 heterocycles. The lowest BCUT2D eigenvalue weighted by Crippen LogP contribution is -2.43. The molecule has 2 unspecified atom stereocenters. The van der Waals surface area contributed by atoms with Crippen LogP contribution in [0.1, 0.15) is 56.2 Å². The zero-order valence-electron chi connectivity index (χ0n) is 35.6. The molecule has 0 fully saturated rings. The van der Waals surface area contributed by atoms with Gasteiger partial charge in [-0.3, -0.25) is 4.57 Å². The number of hydrogen-bond acceptors (Lipinski definition) is 4. The van der Waals surface area contributed by atoms with Gasteiger partial charge in [-0.25, -0.2) is 4.98 Å². The molecule has 2 atom stereocenters. The molecule has 5 aromatic carbocycles. The summed E-state index contributed by atoms with van der Waals surface area (Å²) in [4.78, 5) is 9.92. The summed E-state index contributed by atoms with van der Waals surface area (Å²) < 4.78 is 7.98. The number of ether oxygens (including phenoxy) is 1. The van der Waals surface area contributed by atoms with Gasteiger partial charge in [0, 0.05) is 45.0 Å². The van der Waals surface area contributed by atoms with Crippen molar-refractivity contribution < 1.29 is 4.74 Å². The lowest BCUT2D eigenvalue weighted by Gasteiger charge is -2.41. The van der Waals surface area contributed by atoms with Crippen LogP contribution in [0.5, 0.6) is 5.75 Å². The molecule has 0 N–H and O–H groups in total. The Balaban J connectivity index is 1.11. The normalized spacial score (nSPS) is 18.1. The van der Waals surface area contributed by atoms with Crippen LogP contribution >= 0.6 is 0 Å². The summed E-state index contributed by atoms with van der Waals surface area (Å²) >= 11 is 0. The first-order valence-corrected chi connectivity index (χ1v) is 22.0. The molecule has 4 aliphatic rings. The Morgan fingerprint density at radius 3 is 2.29 bits per heavy atom. The fraction of sp³-hybridized carbons (Fsp3) is 0.175. The van der Waals surface area contributed by atoms with E-state index in [-0.39, 0.29) is 17.5 Å². The summed E-state index contributed by atoms with van der Waals surface area (Å²) in [6.45, 7) is 4.76. The fourth-order valence-electron chi connectivity index (χ4n) is 10.4. The van der Waals surface area contributed by atoms with Crippen LogP contribution in [0, 0.1) is 0 Å². The van der Waals surface area contributed by atoms with Crippen molar-refractivity contribution in [3.63, 3.8) is 0 Å². The standard InChI is InChI=1S/C57H50N4O/c1-57(2)52-22-12-10-20-48(52)49-31-28-44(38-53(49)57)60(42-18-8-5-9-19-42)46-35-40(34-45(37-46)59(41-16-6-4-7-17-41)43-26-29-47(62-3)30-27-43)39-25-32-55-51(36-39)50-21-11-13-23-54(50)61(55)56-24-14-15-33-58-56/h4-10,12,14-18,20-34,36-38,42,46H,11,13,19,35H2,1-3H3. The average Bonchev–Trinajstić information content (AvgIpc) is 3.78. The molecule has 4 aliphatic carbocycles. The van der Waals surface area contributed by atoms with E-state index in [1.165, 1.54) is 60.5 Å². The number of para-hydroxylation sites is 1. The maximum Gasteiger partial charge on any atom is 0.137 e. The quantitative estimate of drug-likeness (QED) is 0.145. The molecular weight excluding hydrogens is 757 g/mol. The molecule has 304 valence electrons. The third kappa shape index (κ3) is 6.42. The summed E-state index contributed by atoms with van der Waals surface area (Å²) in [7, 11) is 1.73. The number of rotatable bonds is 9. The number of aromatic nitrogens is 2. The summed E-state index contributed by atoms with van der Waals surface area (Å²) in [5.74, 6) is 1.78. The van der Waals surface area contributed by atoms with Crippen LogP contribution in [0.15, 0.2) is 182 Å². The van der Waals surface area contributed by atoms with Crippen LogP contribution in [0.4, 0.5) is 17.1 Å². The Morgan fingerprint density at radius 2 is 1.48 bits per heavy atom. The molecule has 7 aromatic rings. The van der Waals surface area contributed by atoms with Crippen molar-refractivity contribution in [2.45, 2.75) is 57.0 Å². The van der Waals surface area contributed by atoms with E-state index in [0.29, 0.717) is 0 Å². The molecule has 62 heavy (non-hydrogen) atoms. The molecule has 0 spiro atoms. The third-order valence-electron chi connectivity index (χ3n) is 13.4. The summed E-state index contributed by atoms with van der Waals surface area (Å²) in [5, 5.41) is 3.80. The largest absolute Gasteiger partial charge is 0.497 e. The highest BCUT2D eigenvalue weighted by molar-refractivity contribution is 5.89. The lowest BCUT2D eigenvalue weighted by molar-refractivity contribution is 0.415. The van der Waals surface area contributed by atoms with E-state index in [1.54, 1.807) is 7.11 Å². The zero-order chi connectivity index (χ0) is 41.8. The minimum atomic E-state index is -0.109. The number of anilines is 3. The van der Waals surface area contributed by atoms with Crippen LogP contribution in [-0.4, -0.2) is 28.7 Å². The number of fused-ring (bicyclic) bond motifs is 6. The molecule has 5 nitrogen and oxygen atoms in total. The molecule has 11 rings (SSSR count). The van der Waals surface area contributed by atoms with Gasteiger partial charge in [0.25, 0.3) is 0 Å². The Morgan fingerprint density at radius 1 is 0.710 bits per heavy atom. The Labute approximate surface area is 364 Å². The number of hydrogen-bond donors (Lipinski definition) is 0. The fourth-order valence-corrected chi connectivity index (χ4v) is 10.4. The van der Waals surface area contributed by atoms with Crippen molar-refractivity contribution in [3.8, 4) is 22.7 Å². The first kappa shape index (κ1) is 37.9. The molecule has 0 radical (unpaired) electrons. The number of pyridine rings is 1. The van der Waals surface area contributed by atoms with E-state index in [4.69, 9.17) is 9.72 Å². The van der Waals surface area contributed by atoms with Crippen molar-refractivity contribution in [3.05, 3.63) is 209 Å². The first-order valence-electron chi connectivity index (χ1n) is 22.0. The van der Waals surface area contributed by atoms with E-state index >= 15 is 0 Å². The molecule has 0 aliphatic heterocycles. The van der Waals surface area contributed by atoms with Gasteiger partial charge in [-0.05, 0) is 144 Å². The highest BCUT2D eigenvalue weighted by atomic mass is 16.5. The summed E-state index contributed by atoms with van der Waals surface area (Å²) in [5.41, 5.74) is 13.6. The van der Waals surface area contributed by atoms with Crippen LogP contribution in [0.25, 0.3) is 45.6 Å². The second kappa shape index (κ2) is 15.4. The molecule has 0 bridgehead atoms. The Bertz CT molecular complexity index is 3100. The van der Waals surface area contributed by atoms with Crippen molar-refractivity contribution >= 4 is 45.7 Å². The molecule has 2 aromatic heterocycles. The van der Waals surface area contributed by atoms with Gasteiger partial charge in [0.05, 0.1) is 30.1 Å². The topological polar surface area (TPSA) is 33.5 Å². The van der Waals surface area contributed by atoms with E-state index in [0.717, 1.165) is 54.3 Å². The number of allylic oxidation sites excluding steroid dienone is 3. The highest BCUT2D eigenvalue weighted by Crippen LogP contribution is 2.50. The van der Waals surface area contributed by atoms with E-state index in [1.807, 2.05) is 12.3 Å². The van der Waals surface area contributed by atoms with Crippen LogP contribution in [-0.2, 0) is 5.41 Å². The average molecular weight is 807 g/mol. The smallest absolute Gasteiger partial charge is 0.137 e. The van der Waals surface area contributed by atoms with Crippen LogP contribution in [0.3, 0.4) is 0 Å². The van der Waals surface area contributed by atoms with Gasteiger partial charge in [0.2, 0.25) is 0 Å². The van der Waals surface area contributed by atoms with Crippen molar-refractivity contribution in [1.29, 1.82) is 0 Å². The van der Waals surface area contributed by atoms with Crippen molar-refractivity contribution in [1.82, 2.24) is 9.55 Å². The molecule has 5 heteroatoms. The van der Waals surface area contributed by atoms with Crippen molar-refractivity contribution in [2.75, 3.05) is 16.9 Å². The third-order valence-corrected chi connectivity index (χ3v) is 13.4. The van der Waals surface area contributed by atoms with E-state index in [9.17, 15) is 0 Å². The lowest BCUT2D eigenvalue weighted by atomic mass is 9.82. The van der Waals surface area contributed by atoms with Gasteiger partial charge in [-0.15, -0.1) is 0 Å². The van der Waals surface area contributed by atoms with Crippen molar-refractivity contribution in [2.24, 2.45) is 0 Å². The van der Waals surface area contributed by atoms with Crippen LogP contribution < -0.4 is 25.1 Å². The number of nitrogens with zero attached hydrogens (tertiary/aromatic N) is 4. The monoisotopic (exact) mass is 806 g/mol. The number of benzene rings is 5. The van der Waals surface area contributed by atoms with Gasteiger partial charge in [-0.1, -0.05) is 111 Å². The van der Waals surface area contributed by atoms with Crippen LogP contribution in [0.2, 0.25) is 0 Å². The minimum absolute atomic E-state index is 0.0307. The molecular formula is C57H50N4O. The second-order valence-corrected chi connectivity index (χ2v) is 17.4. The number of methoxy groups -OCH3 is 1. The van der Waals surface area contributed by atoms with Gasteiger partial charge < -0.3 is 14.5 Å².